The summed E-state index contributed by atoms with van der Waals surface area (Å²) in [6.45, 7) is 1.30. The van der Waals surface area contributed by atoms with Gasteiger partial charge in [-0.3, -0.25) is 4.79 Å². The number of rotatable bonds is 6. The van der Waals surface area contributed by atoms with Gasteiger partial charge in [0, 0.05) is 19.1 Å². The Labute approximate surface area is 123 Å². The van der Waals surface area contributed by atoms with Crippen molar-refractivity contribution in [1.82, 2.24) is 10.2 Å². The van der Waals surface area contributed by atoms with Crippen LogP contribution in [-0.4, -0.2) is 47.7 Å². The zero-order valence-corrected chi connectivity index (χ0v) is 11.8. The van der Waals surface area contributed by atoms with Crippen LogP contribution < -0.4 is 5.32 Å². The number of carbonyl (C=O) groups is 2. The van der Waals surface area contributed by atoms with Crippen molar-refractivity contribution >= 4 is 12.1 Å². The second-order valence-electron chi connectivity index (χ2n) is 5.05. The van der Waals surface area contributed by atoms with Crippen molar-refractivity contribution in [3.63, 3.8) is 0 Å². The molecule has 2 rings (SSSR count). The molecule has 21 heavy (non-hydrogen) atoms. The molecule has 0 aromatic heterocycles. The van der Waals surface area contributed by atoms with Crippen LogP contribution in [0.1, 0.15) is 18.4 Å². The van der Waals surface area contributed by atoms with Gasteiger partial charge in [0.05, 0.1) is 6.54 Å². The third-order valence-electron chi connectivity index (χ3n) is 3.47. The average molecular weight is 292 g/mol. The Bertz CT molecular complexity index is 478. The van der Waals surface area contributed by atoms with E-state index in [1.165, 1.54) is 0 Å². The second-order valence-corrected chi connectivity index (χ2v) is 5.05. The first-order valence-electron chi connectivity index (χ1n) is 7.06. The SMILES string of the molecule is O=C(O)CNCC1CCCN1C(=O)OCc1ccccc1. The molecule has 0 bridgehead atoms. The molecule has 1 aromatic carbocycles. The van der Waals surface area contributed by atoms with Gasteiger partial charge in [0.1, 0.15) is 6.61 Å². The normalized spacial score (nSPS) is 17.7. The predicted molar refractivity (Wildman–Crippen MR) is 76.9 cm³/mol. The van der Waals surface area contributed by atoms with Crippen LogP contribution in [0.4, 0.5) is 4.79 Å². The van der Waals surface area contributed by atoms with Crippen molar-refractivity contribution in [2.45, 2.75) is 25.5 Å². The third kappa shape index (κ3) is 4.75. The maximum Gasteiger partial charge on any atom is 0.410 e. The molecule has 0 spiro atoms. The van der Waals surface area contributed by atoms with Crippen LogP contribution in [-0.2, 0) is 16.1 Å². The minimum Gasteiger partial charge on any atom is -0.480 e. The van der Waals surface area contributed by atoms with Gasteiger partial charge in [0.25, 0.3) is 0 Å². The van der Waals surface area contributed by atoms with E-state index < -0.39 is 5.97 Å². The number of hydrogen-bond acceptors (Lipinski definition) is 4. The van der Waals surface area contributed by atoms with E-state index in [1.54, 1.807) is 4.90 Å². The lowest BCUT2D eigenvalue weighted by atomic mass is 10.2. The zero-order chi connectivity index (χ0) is 15.1. The first kappa shape index (κ1) is 15.3. The highest BCUT2D eigenvalue weighted by atomic mass is 16.6. The Morgan fingerprint density at radius 2 is 2.10 bits per heavy atom. The highest BCUT2D eigenvalue weighted by molar-refractivity contribution is 5.69. The Hall–Kier alpha value is -2.08. The molecule has 1 atom stereocenters. The van der Waals surface area contributed by atoms with Crippen molar-refractivity contribution in [2.24, 2.45) is 0 Å². The first-order chi connectivity index (χ1) is 10.2. The molecular formula is C15H20N2O4. The van der Waals surface area contributed by atoms with Gasteiger partial charge in [-0.25, -0.2) is 4.79 Å². The molecule has 0 aliphatic carbocycles. The van der Waals surface area contributed by atoms with E-state index in [-0.39, 0.29) is 25.3 Å². The number of hydrogen-bond donors (Lipinski definition) is 2. The molecular weight excluding hydrogens is 272 g/mol. The van der Waals surface area contributed by atoms with E-state index >= 15 is 0 Å². The number of likely N-dealkylation sites (tertiary alicyclic amines) is 1. The molecule has 1 fully saturated rings. The largest absolute Gasteiger partial charge is 0.480 e. The fraction of sp³-hybridized carbons (Fsp3) is 0.467. The molecule has 1 aliphatic rings. The highest BCUT2D eigenvalue weighted by Crippen LogP contribution is 2.18. The Kier molecular flexibility index (Phi) is 5.57. The molecule has 2 N–H and O–H groups in total. The van der Waals surface area contributed by atoms with Crippen molar-refractivity contribution in [3.05, 3.63) is 35.9 Å². The van der Waals surface area contributed by atoms with Gasteiger partial charge >= 0.3 is 12.1 Å². The Balaban J connectivity index is 1.78. The van der Waals surface area contributed by atoms with E-state index in [2.05, 4.69) is 5.32 Å². The van der Waals surface area contributed by atoms with Gasteiger partial charge in [-0.15, -0.1) is 0 Å². The summed E-state index contributed by atoms with van der Waals surface area (Å²) in [5, 5.41) is 11.4. The lowest BCUT2D eigenvalue weighted by Gasteiger charge is -2.24. The van der Waals surface area contributed by atoms with E-state index in [1.807, 2.05) is 30.3 Å². The molecule has 1 unspecified atom stereocenters. The van der Waals surface area contributed by atoms with Crippen LogP contribution in [0.2, 0.25) is 0 Å². The molecule has 0 radical (unpaired) electrons. The molecule has 1 saturated heterocycles. The highest BCUT2D eigenvalue weighted by Gasteiger charge is 2.29. The van der Waals surface area contributed by atoms with E-state index in [9.17, 15) is 9.59 Å². The lowest BCUT2D eigenvalue weighted by molar-refractivity contribution is -0.135. The summed E-state index contributed by atoms with van der Waals surface area (Å²) in [4.78, 5) is 24.2. The zero-order valence-electron chi connectivity index (χ0n) is 11.8. The molecule has 1 aliphatic heterocycles. The number of nitrogens with one attached hydrogen (secondary N) is 1. The molecule has 1 heterocycles. The van der Waals surface area contributed by atoms with Crippen LogP contribution in [0.25, 0.3) is 0 Å². The number of carbonyl (C=O) groups excluding carboxylic acids is 1. The lowest BCUT2D eigenvalue weighted by Crippen LogP contribution is -2.42. The number of amides is 1. The van der Waals surface area contributed by atoms with Crippen molar-refractivity contribution in [2.75, 3.05) is 19.6 Å². The van der Waals surface area contributed by atoms with Gasteiger partial charge in [-0.1, -0.05) is 30.3 Å². The Morgan fingerprint density at radius 3 is 2.81 bits per heavy atom. The van der Waals surface area contributed by atoms with Gasteiger partial charge in [0.15, 0.2) is 0 Å². The fourth-order valence-corrected chi connectivity index (χ4v) is 2.44. The molecule has 114 valence electrons. The van der Waals surface area contributed by atoms with E-state index in [0.29, 0.717) is 13.1 Å². The Morgan fingerprint density at radius 1 is 1.33 bits per heavy atom. The van der Waals surface area contributed by atoms with Gasteiger partial charge < -0.3 is 20.1 Å². The molecule has 6 nitrogen and oxygen atoms in total. The smallest absolute Gasteiger partial charge is 0.410 e. The number of benzene rings is 1. The fourth-order valence-electron chi connectivity index (χ4n) is 2.44. The summed E-state index contributed by atoms with van der Waals surface area (Å²) < 4.78 is 5.31. The monoisotopic (exact) mass is 292 g/mol. The minimum absolute atomic E-state index is 0.00706. The maximum atomic E-state index is 12.1. The van der Waals surface area contributed by atoms with Crippen LogP contribution in [0, 0.1) is 0 Å². The second kappa shape index (κ2) is 7.64. The quantitative estimate of drug-likeness (QED) is 0.830. The molecule has 1 aromatic rings. The molecule has 6 heteroatoms. The number of carboxylic acids is 1. The third-order valence-corrected chi connectivity index (χ3v) is 3.47. The van der Waals surface area contributed by atoms with Gasteiger partial charge in [-0.05, 0) is 18.4 Å². The number of aliphatic carboxylic acids is 1. The van der Waals surface area contributed by atoms with Crippen LogP contribution in [0.15, 0.2) is 30.3 Å². The maximum absolute atomic E-state index is 12.1. The van der Waals surface area contributed by atoms with Crippen molar-refractivity contribution < 1.29 is 19.4 Å². The summed E-state index contributed by atoms with van der Waals surface area (Å²) in [6, 6.07) is 9.53. The van der Waals surface area contributed by atoms with Crippen LogP contribution in [0.5, 0.6) is 0 Å². The number of nitrogens with zero attached hydrogens (tertiary/aromatic N) is 1. The first-order valence-corrected chi connectivity index (χ1v) is 7.06. The molecule has 1 amide bonds. The summed E-state index contributed by atoms with van der Waals surface area (Å²) >= 11 is 0. The minimum atomic E-state index is -0.897. The van der Waals surface area contributed by atoms with Crippen LogP contribution in [0.3, 0.4) is 0 Å². The van der Waals surface area contributed by atoms with E-state index in [0.717, 1.165) is 18.4 Å². The average Bonchev–Trinajstić information content (AvgIpc) is 2.94. The van der Waals surface area contributed by atoms with E-state index in [4.69, 9.17) is 9.84 Å². The number of carboxylic acid groups (broad SMARTS) is 1. The topological polar surface area (TPSA) is 78.9 Å². The van der Waals surface area contributed by atoms with Crippen molar-refractivity contribution in [1.29, 1.82) is 0 Å². The van der Waals surface area contributed by atoms with Crippen LogP contribution >= 0.6 is 0 Å². The van der Waals surface area contributed by atoms with Gasteiger partial charge in [-0.2, -0.15) is 0 Å². The summed E-state index contributed by atoms with van der Waals surface area (Å²) in [7, 11) is 0. The van der Waals surface area contributed by atoms with Crippen molar-refractivity contribution in [3.8, 4) is 0 Å². The number of ether oxygens (including phenoxy) is 1. The summed E-state index contributed by atoms with van der Waals surface area (Å²) in [5.74, 6) is -0.897. The molecule has 0 saturated carbocycles. The summed E-state index contributed by atoms with van der Waals surface area (Å²) in [6.07, 6.45) is 1.45. The standard InChI is InChI=1S/C15H20N2O4/c18-14(19)10-16-9-13-7-4-8-17(13)15(20)21-11-12-5-2-1-3-6-12/h1-3,5-6,13,16H,4,7-11H2,(H,18,19). The van der Waals surface area contributed by atoms with Gasteiger partial charge in [0.2, 0.25) is 0 Å². The summed E-state index contributed by atoms with van der Waals surface area (Å²) in [5.41, 5.74) is 0.950. The predicted octanol–water partition coefficient (Wildman–Crippen LogP) is 1.46.